The molecule has 0 saturated carbocycles. The van der Waals surface area contributed by atoms with Gasteiger partial charge in [-0.05, 0) is 44.2 Å². The van der Waals surface area contributed by atoms with Crippen LogP contribution in [0.15, 0.2) is 78.2 Å². The second-order valence-corrected chi connectivity index (χ2v) is 5.88. The number of carbonyl (C=O) groups excluding carboxylic acids is 1. The van der Waals surface area contributed by atoms with Gasteiger partial charge < -0.3 is 0 Å². The highest BCUT2D eigenvalue weighted by Gasteiger charge is 2.03. The highest BCUT2D eigenvalue weighted by Crippen LogP contribution is 2.08. The number of benzene rings is 1. The van der Waals surface area contributed by atoms with Crippen LogP contribution in [0.4, 0.5) is 0 Å². The molecule has 3 rings (SSSR count). The zero-order chi connectivity index (χ0) is 17.6. The number of para-hydroxylation sites is 1. The maximum absolute atomic E-state index is 12.5. The van der Waals surface area contributed by atoms with E-state index >= 15 is 0 Å². The first kappa shape index (κ1) is 16.6. The van der Waals surface area contributed by atoms with Crippen LogP contribution >= 0.6 is 0 Å². The Morgan fingerprint density at radius 3 is 2.64 bits per heavy atom. The molecule has 2 heterocycles. The number of hydrogen-bond donors (Lipinski definition) is 0. The summed E-state index contributed by atoms with van der Waals surface area (Å²) >= 11 is 0. The van der Waals surface area contributed by atoms with Gasteiger partial charge in [-0.25, -0.2) is 4.68 Å². The van der Waals surface area contributed by atoms with Crippen LogP contribution in [0.2, 0.25) is 0 Å². The summed E-state index contributed by atoms with van der Waals surface area (Å²) in [7, 11) is 0. The van der Waals surface area contributed by atoms with Crippen LogP contribution in [0.5, 0.6) is 0 Å². The molecule has 0 bridgehead atoms. The van der Waals surface area contributed by atoms with Gasteiger partial charge in [-0.3, -0.25) is 14.4 Å². The molecule has 3 aromatic rings. The maximum Gasteiger partial charge on any atom is 0.256 e. The largest absolute Gasteiger partial charge is 0.269 e. The lowest BCUT2D eigenvalue weighted by molar-refractivity contribution is 0.0964. The normalized spacial score (nSPS) is 12.2. The van der Waals surface area contributed by atoms with E-state index < -0.39 is 0 Å². The first-order valence-corrected chi connectivity index (χ1v) is 8.17. The Balaban J connectivity index is 1.82. The number of nitrogens with zero attached hydrogens (tertiary/aromatic N) is 4. The summed E-state index contributed by atoms with van der Waals surface area (Å²) in [5.74, 6) is -0.146. The second kappa shape index (κ2) is 7.57. The number of carbonyl (C=O) groups is 1. The van der Waals surface area contributed by atoms with Gasteiger partial charge in [0, 0.05) is 30.1 Å². The minimum absolute atomic E-state index is 0.120. The SMILES string of the molecule is CC(C)N=c1ccccn1C(=O)/C=C/c1cnn(-c2ccccc2)c1. The predicted molar refractivity (Wildman–Crippen MR) is 98.4 cm³/mol. The molecule has 0 aliphatic carbocycles. The molecule has 25 heavy (non-hydrogen) atoms. The topological polar surface area (TPSA) is 52.2 Å². The van der Waals surface area contributed by atoms with Crippen LogP contribution in [-0.4, -0.2) is 26.3 Å². The van der Waals surface area contributed by atoms with E-state index in [0.29, 0.717) is 5.49 Å². The molecule has 0 fully saturated rings. The summed E-state index contributed by atoms with van der Waals surface area (Å²) in [5, 5.41) is 4.32. The average Bonchev–Trinajstić information content (AvgIpc) is 3.09. The van der Waals surface area contributed by atoms with Crippen molar-refractivity contribution in [2.75, 3.05) is 0 Å². The molecule has 0 unspecified atom stereocenters. The molecule has 0 aliphatic heterocycles. The fourth-order valence-corrected chi connectivity index (χ4v) is 2.38. The van der Waals surface area contributed by atoms with Crippen LogP contribution < -0.4 is 5.49 Å². The van der Waals surface area contributed by atoms with Gasteiger partial charge in [-0.15, -0.1) is 0 Å². The molecule has 0 amide bonds. The average molecular weight is 332 g/mol. The fraction of sp³-hybridized carbons (Fsp3) is 0.150. The standard InChI is InChI=1S/C20H20N4O/c1-16(2)22-19-10-6-7-13-23(19)20(25)12-11-17-14-21-24(15-17)18-8-4-3-5-9-18/h3-16H,1-2H3/b12-11+,22-19?. The Morgan fingerprint density at radius 1 is 1.12 bits per heavy atom. The molecule has 2 aromatic heterocycles. The minimum atomic E-state index is -0.146. The minimum Gasteiger partial charge on any atom is -0.269 e. The van der Waals surface area contributed by atoms with E-state index in [9.17, 15) is 4.79 Å². The van der Waals surface area contributed by atoms with Gasteiger partial charge in [0.25, 0.3) is 5.91 Å². The van der Waals surface area contributed by atoms with Crippen LogP contribution in [0.1, 0.15) is 24.2 Å². The van der Waals surface area contributed by atoms with E-state index in [-0.39, 0.29) is 11.9 Å². The number of aromatic nitrogens is 3. The van der Waals surface area contributed by atoms with Crippen LogP contribution in [-0.2, 0) is 0 Å². The number of pyridine rings is 1. The van der Waals surface area contributed by atoms with Crippen LogP contribution in [0.25, 0.3) is 11.8 Å². The summed E-state index contributed by atoms with van der Waals surface area (Å²) in [6.07, 6.45) is 8.63. The van der Waals surface area contributed by atoms with Crippen molar-refractivity contribution in [2.24, 2.45) is 4.99 Å². The fourth-order valence-electron chi connectivity index (χ4n) is 2.38. The van der Waals surface area contributed by atoms with E-state index in [1.807, 2.05) is 68.6 Å². The van der Waals surface area contributed by atoms with Crippen molar-refractivity contribution in [3.8, 4) is 5.69 Å². The molecule has 5 heteroatoms. The van der Waals surface area contributed by atoms with Gasteiger partial charge in [0.1, 0.15) is 5.49 Å². The van der Waals surface area contributed by atoms with Crippen molar-refractivity contribution < 1.29 is 4.79 Å². The summed E-state index contributed by atoms with van der Waals surface area (Å²) in [6, 6.07) is 15.5. The lowest BCUT2D eigenvalue weighted by Gasteiger charge is -2.03. The van der Waals surface area contributed by atoms with Gasteiger partial charge in [0.05, 0.1) is 11.9 Å². The lowest BCUT2D eigenvalue weighted by atomic mass is 10.3. The first-order chi connectivity index (χ1) is 12.1. The highest BCUT2D eigenvalue weighted by atomic mass is 16.1. The molecule has 0 radical (unpaired) electrons. The number of rotatable bonds is 4. The zero-order valence-electron chi connectivity index (χ0n) is 14.3. The molecule has 0 spiro atoms. The van der Waals surface area contributed by atoms with E-state index in [2.05, 4.69) is 10.1 Å². The van der Waals surface area contributed by atoms with Gasteiger partial charge in [0.2, 0.25) is 0 Å². The van der Waals surface area contributed by atoms with Crippen LogP contribution in [0, 0.1) is 0 Å². The highest BCUT2D eigenvalue weighted by molar-refractivity contribution is 5.93. The van der Waals surface area contributed by atoms with Gasteiger partial charge in [-0.1, -0.05) is 24.3 Å². The van der Waals surface area contributed by atoms with Gasteiger partial charge >= 0.3 is 0 Å². The Hall–Kier alpha value is -3.21. The zero-order valence-corrected chi connectivity index (χ0v) is 14.3. The summed E-state index contributed by atoms with van der Waals surface area (Å²) in [5.41, 5.74) is 2.48. The summed E-state index contributed by atoms with van der Waals surface area (Å²) < 4.78 is 3.32. The van der Waals surface area contributed by atoms with Crippen molar-refractivity contribution in [1.29, 1.82) is 0 Å². The van der Waals surface area contributed by atoms with E-state index in [0.717, 1.165) is 11.3 Å². The lowest BCUT2D eigenvalue weighted by Crippen LogP contribution is -2.26. The summed E-state index contributed by atoms with van der Waals surface area (Å²) in [4.78, 5) is 17.0. The number of allylic oxidation sites excluding steroid dienone is 1. The van der Waals surface area contributed by atoms with Crippen LogP contribution in [0.3, 0.4) is 0 Å². The molecule has 0 N–H and O–H groups in total. The van der Waals surface area contributed by atoms with E-state index in [4.69, 9.17) is 0 Å². The number of hydrogen-bond acceptors (Lipinski definition) is 3. The third-order valence-corrected chi connectivity index (χ3v) is 3.51. The molecule has 5 nitrogen and oxygen atoms in total. The van der Waals surface area contributed by atoms with Gasteiger partial charge in [-0.2, -0.15) is 5.10 Å². The maximum atomic E-state index is 12.5. The smallest absolute Gasteiger partial charge is 0.256 e. The van der Waals surface area contributed by atoms with Gasteiger partial charge in [0.15, 0.2) is 0 Å². The van der Waals surface area contributed by atoms with Crippen molar-refractivity contribution >= 4 is 12.0 Å². The van der Waals surface area contributed by atoms with Crippen molar-refractivity contribution in [3.63, 3.8) is 0 Å². The second-order valence-electron chi connectivity index (χ2n) is 5.88. The molecular weight excluding hydrogens is 312 g/mol. The summed E-state index contributed by atoms with van der Waals surface area (Å²) in [6.45, 7) is 3.96. The molecular formula is C20H20N4O. The molecule has 126 valence electrons. The molecule has 0 saturated heterocycles. The third kappa shape index (κ3) is 4.20. The monoisotopic (exact) mass is 332 g/mol. The quantitative estimate of drug-likeness (QED) is 0.688. The van der Waals surface area contributed by atoms with E-state index in [1.54, 1.807) is 23.2 Å². The molecule has 1 aromatic carbocycles. The van der Waals surface area contributed by atoms with Crippen molar-refractivity contribution in [2.45, 2.75) is 19.9 Å². The Morgan fingerprint density at radius 2 is 1.88 bits per heavy atom. The Kier molecular flexibility index (Phi) is 5.04. The van der Waals surface area contributed by atoms with Crippen molar-refractivity contribution in [3.05, 3.63) is 84.2 Å². The third-order valence-electron chi connectivity index (χ3n) is 3.51. The Bertz CT molecular complexity index is 949. The van der Waals surface area contributed by atoms with E-state index in [1.165, 1.54) is 10.6 Å². The molecule has 0 aliphatic rings. The first-order valence-electron chi connectivity index (χ1n) is 8.17. The Labute approximate surface area is 146 Å². The predicted octanol–water partition coefficient (Wildman–Crippen LogP) is 3.34. The molecule has 0 atom stereocenters. The van der Waals surface area contributed by atoms with Crippen molar-refractivity contribution in [1.82, 2.24) is 14.3 Å².